The number of fused-ring (bicyclic) bond motifs is 1. The topological polar surface area (TPSA) is 96.2 Å². The average Bonchev–Trinajstić information content (AvgIpc) is 3.10. The Labute approximate surface area is 188 Å². The Morgan fingerprint density at radius 1 is 1.12 bits per heavy atom. The Morgan fingerprint density at radius 3 is 2.41 bits per heavy atom. The molecule has 0 N–H and O–H groups in total. The van der Waals surface area contributed by atoms with Crippen LogP contribution in [-0.2, 0) is 20.8 Å². The molecule has 2 heterocycles. The predicted octanol–water partition coefficient (Wildman–Crippen LogP) is 4.35. The van der Waals surface area contributed by atoms with E-state index in [4.69, 9.17) is 9.47 Å². The van der Waals surface area contributed by atoms with Gasteiger partial charge in [-0.2, -0.15) is 5.10 Å². The maximum atomic E-state index is 12.7. The van der Waals surface area contributed by atoms with Gasteiger partial charge in [-0.15, -0.1) is 0 Å². The van der Waals surface area contributed by atoms with Gasteiger partial charge in [0.05, 0.1) is 12.6 Å². The lowest BCUT2D eigenvalue weighted by Crippen LogP contribution is -2.33. The van der Waals surface area contributed by atoms with Crippen molar-refractivity contribution >= 4 is 22.8 Å². The van der Waals surface area contributed by atoms with Crippen LogP contribution in [0, 0.1) is 12.3 Å². The molecule has 170 valence electrons. The van der Waals surface area contributed by atoms with Crippen LogP contribution in [-0.4, -0.2) is 44.9 Å². The zero-order valence-corrected chi connectivity index (χ0v) is 19.5. The fourth-order valence-corrected chi connectivity index (χ4v) is 3.52. The number of ether oxygens (including phenoxy) is 2. The van der Waals surface area contributed by atoms with Crippen LogP contribution in [0.2, 0.25) is 0 Å². The molecule has 0 aliphatic carbocycles. The van der Waals surface area contributed by atoms with E-state index in [9.17, 15) is 9.59 Å². The Morgan fingerprint density at radius 2 is 1.81 bits per heavy atom. The van der Waals surface area contributed by atoms with E-state index in [1.54, 1.807) is 12.4 Å². The molecule has 3 rings (SSSR count). The van der Waals surface area contributed by atoms with Gasteiger partial charge in [0, 0.05) is 23.3 Å². The van der Waals surface area contributed by atoms with E-state index in [0.717, 1.165) is 24.0 Å². The van der Waals surface area contributed by atoms with Crippen LogP contribution >= 0.6 is 0 Å². The summed E-state index contributed by atoms with van der Waals surface area (Å²) >= 11 is 0. The van der Waals surface area contributed by atoms with E-state index in [-0.39, 0.29) is 23.8 Å². The molecule has 0 aliphatic rings. The average molecular weight is 439 g/mol. The minimum absolute atomic E-state index is 0.100. The second-order valence-corrected chi connectivity index (χ2v) is 8.88. The molecule has 0 radical (unpaired) electrons. The Kier molecular flexibility index (Phi) is 6.91. The third kappa shape index (κ3) is 5.12. The maximum absolute atomic E-state index is 12.7. The summed E-state index contributed by atoms with van der Waals surface area (Å²) in [4.78, 5) is 33.6. The Hall–Kier alpha value is -3.29. The fourth-order valence-electron chi connectivity index (χ4n) is 3.52. The van der Waals surface area contributed by atoms with Gasteiger partial charge in [-0.05, 0) is 36.5 Å². The molecular weight excluding hydrogens is 408 g/mol. The highest BCUT2D eigenvalue weighted by atomic mass is 16.5. The minimum atomic E-state index is -0.571. The monoisotopic (exact) mass is 438 g/mol. The van der Waals surface area contributed by atoms with Crippen molar-refractivity contribution in [2.75, 3.05) is 7.11 Å². The summed E-state index contributed by atoms with van der Waals surface area (Å²) in [7, 11) is 1.30. The van der Waals surface area contributed by atoms with Gasteiger partial charge in [-0.3, -0.25) is 9.48 Å². The summed E-state index contributed by atoms with van der Waals surface area (Å²) in [5.74, 6) is -0.291. The van der Waals surface area contributed by atoms with Gasteiger partial charge in [-0.25, -0.2) is 14.8 Å². The van der Waals surface area contributed by atoms with Crippen LogP contribution in [0.1, 0.15) is 56.8 Å². The van der Waals surface area contributed by atoms with Gasteiger partial charge in [0.25, 0.3) is 0 Å². The van der Waals surface area contributed by atoms with Gasteiger partial charge in [0.1, 0.15) is 18.5 Å². The number of benzene rings is 1. The lowest BCUT2D eigenvalue weighted by Gasteiger charge is -2.30. The number of nitrogens with zero attached hydrogens (tertiary/aromatic N) is 4. The number of hydrogen-bond donors (Lipinski definition) is 0. The molecule has 0 bridgehead atoms. The largest absolute Gasteiger partial charge is 0.464 e. The van der Waals surface area contributed by atoms with E-state index >= 15 is 0 Å². The number of aryl methyl sites for hydroxylation is 1. The zero-order valence-electron chi connectivity index (χ0n) is 19.5. The number of methoxy groups -OCH3 is 1. The van der Waals surface area contributed by atoms with Gasteiger partial charge in [-0.1, -0.05) is 40.2 Å². The summed E-state index contributed by atoms with van der Waals surface area (Å²) < 4.78 is 12.2. The highest BCUT2D eigenvalue weighted by molar-refractivity contribution is 6.03. The first-order valence-corrected chi connectivity index (χ1v) is 10.7. The van der Waals surface area contributed by atoms with Crippen molar-refractivity contribution in [3.05, 3.63) is 42.1 Å². The smallest absolute Gasteiger partial charge is 0.359 e. The lowest BCUT2D eigenvalue weighted by molar-refractivity contribution is -0.156. The molecule has 8 nitrogen and oxygen atoms in total. The second kappa shape index (κ2) is 9.46. The molecule has 0 fully saturated rings. The molecule has 0 saturated heterocycles. The first kappa shape index (κ1) is 23.4. The number of aromatic nitrogens is 4. The van der Waals surface area contributed by atoms with Crippen molar-refractivity contribution in [3.63, 3.8) is 0 Å². The number of rotatable bonds is 7. The molecule has 8 heteroatoms. The number of carbonyl (C=O) groups is 2. The molecule has 2 aromatic heterocycles. The molecule has 0 aliphatic heterocycles. The maximum Gasteiger partial charge on any atom is 0.359 e. The highest BCUT2D eigenvalue weighted by Crippen LogP contribution is 2.28. The first-order chi connectivity index (χ1) is 15.1. The molecule has 0 saturated carbocycles. The molecule has 1 unspecified atom stereocenters. The lowest BCUT2D eigenvalue weighted by atomic mass is 9.86. The van der Waals surface area contributed by atoms with E-state index in [2.05, 4.69) is 42.8 Å². The summed E-state index contributed by atoms with van der Waals surface area (Å²) in [6, 6.07) is 5.54. The normalized spacial score (nSPS) is 12.6. The Balaban J connectivity index is 1.96. The third-order valence-electron chi connectivity index (χ3n) is 5.31. The second-order valence-electron chi connectivity index (χ2n) is 8.88. The zero-order chi connectivity index (χ0) is 23.5. The number of carbonyl (C=O) groups excluding carboxylic acids is 2. The van der Waals surface area contributed by atoms with Gasteiger partial charge in [0.15, 0.2) is 5.69 Å². The quantitative estimate of drug-likeness (QED) is 0.506. The molecule has 1 atom stereocenters. The van der Waals surface area contributed by atoms with Gasteiger partial charge < -0.3 is 9.47 Å². The first-order valence-electron chi connectivity index (χ1n) is 10.7. The van der Waals surface area contributed by atoms with Crippen molar-refractivity contribution in [2.24, 2.45) is 5.41 Å². The molecule has 32 heavy (non-hydrogen) atoms. The van der Waals surface area contributed by atoms with Crippen molar-refractivity contribution in [1.82, 2.24) is 19.7 Å². The summed E-state index contributed by atoms with van der Waals surface area (Å²) in [6.07, 6.45) is 4.95. The van der Waals surface area contributed by atoms with Crippen LogP contribution in [0.5, 0.6) is 0 Å². The van der Waals surface area contributed by atoms with E-state index in [0.29, 0.717) is 16.7 Å². The van der Waals surface area contributed by atoms with E-state index in [1.165, 1.54) is 11.8 Å². The highest BCUT2D eigenvalue weighted by Gasteiger charge is 2.28. The summed E-state index contributed by atoms with van der Waals surface area (Å²) in [6.45, 7) is 9.93. The molecule has 0 amide bonds. The van der Waals surface area contributed by atoms with Crippen LogP contribution < -0.4 is 0 Å². The molecule has 0 spiro atoms. The third-order valence-corrected chi connectivity index (χ3v) is 5.31. The van der Waals surface area contributed by atoms with Gasteiger partial charge in [0.2, 0.25) is 0 Å². The summed E-state index contributed by atoms with van der Waals surface area (Å²) in [5, 5.41) is 4.96. The number of esters is 2. The van der Waals surface area contributed by atoms with Crippen molar-refractivity contribution in [1.29, 1.82) is 0 Å². The molecule has 3 aromatic rings. The predicted molar refractivity (Wildman–Crippen MR) is 121 cm³/mol. The van der Waals surface area contributed by atoms with E-state index < -0.39 is 11.9 Å². The standard InChI is InChI=1S/C24H30N4O4/c1-7-8-20(24(3,4)5)32-21(29)14-28-19-10-9-16(17-12-25-15(2)26-13-17)11-18(19)22(27-28)23(30)31-6/h9-13,20H,7-8,14H2,1-6H3. The molecular formula is C24H30N4O4. The van der Waals surface area contributed by atoms with Crippen molar-refractivity contribution in [3.8, 4) is 11.1 Å². The van der Waals surface area contributed by atoms with Crippen molar-refractivity contribution in [2.45, 2.75) is 60.1 Å². The van der Waals surface area contributed by atoms with E-state index in [1.807, 2.05) is 25.1 Å². The SMILES string of the molecule is CCCC(OC(=O)Cn1nc(C(=O)OC)c2cc(-c3cnc(C)nc3)ccc21)C(C)(C)C. The minimum Gasteiger partial charge on any atom is -0.464 e. The van der Waals surface area contributed by atoms with Crippen LogP contribution in [0.3, 0.4) is 0 Å². The van der Waals surface area contributed by atoms with Crippen LogP contribution in [0.25, 0.3) is 22.0 Å². The van der Waals surface area contributed by atoms with Crippen LogP contribution in [0.4, 0.5) is 0 Å². The van der Waals surface area contributed by atoms with Crippen LogP contribution in [0.15, 0.2) is 30.6 Å². The number of hydrogen-bond acceptors (Lipinski definition) is 7. The fraction of sp³-hybridized carbons (Fsp3) is 0.458. The van der Waals surface area contributed by atoms with Gasteiger partial charge >= 0.3 is 11.9 Å². The van der Waals surface area contributed by atoms with Crippen molar-refractivity contribution < 1.29 is 19.1 Å². The summed E-state index contributed by atoms with van der Waals surface area (Å²) in [5.41, 5.74) is 2.27. The molecule has 1 aromatic carbocycles. The Bertz CT molecular complexity index is 1110.